The summed E-state index contributed by atoms with van der Waals surface area (Å²) in [5.41, 5.74) is 0.377. The molecule has 1 aromatic rings. The van der Waals surface area contributed by atoms with Gasteiger partial charge in [-0.2, -0.15) is 5.26 Å². The van der Waals surface area contributed by atoms with Crippen LogP contribution < -0.4 is 37.2 Å². The molecule has 0 radical (unpaired) electrons. The Morgan fingerprint density at radius 2 is 1.38 bits per heavy atom. The molecule has 9 amide bonds. The first-order valence-corrected chi connectivity index (χ1v) is 29.9. The molecule has 90 heavy (non-hydrogen) atoms. The summed E-state index contributed by atoms with van der Waals surface area (Å²) >= 11 is 0.847. The highest BCUT2D eigenvalue weighted by atomic mass is 32.2. The number of aliphatic hydroxyl groups is 5. The SMILES string of the molecule is CCNCCN1C(=O)CC(SC[C@@H](NC(=O)[C@@H](CCC(=O)NC[C@H](O)[C@@H](O)[C@H](O)[C@H](O)CO)NC(=O)OCCOCCOCCOCCOCCOCCNC(=O)CCC(=O)NCc2cc(C(=O)N[C@H](C)C(=O)N3CC(F)(F)C[C@H]3C#N)ccn2)C(=O)O)C1=O. The van der Waals surface area contributed by atoms with Crippen molar-refractivity contribution in [2.24, 2.45) is 0 Å². The lowest BCUT2D eigenvalue weighted by molar-refractivity contribution is -0.141. The van der Waals surface area contributed by atoms with E-state index in [1.165, 1.54) is 25.3 Å². The number of ether oxygens (including phenoxy) is 6. The van der Waals surface area contributed by atoms with Gasteiger partial charge in [0.05, 0.1) is 109 Å². The number of carboxylic acid groups (broad SMARTS) is 1. The highest BCUT2D eigenvalue weighted by molar-refractivity contribution is 8.00. The van der Waals surface area contributed by atoms with Crippen LogP contribution in [0.2, 0.25) is 0 Å². The first kappa shape index (κ1) is 77.4. The number of nitriles is 1. The van der Waals surface area contributed by atoms with E-state index in [0.717, 1.165) is 21.6 Å². The van der Waals surface area contributed by atoms with Crippen LogP contribution in [0.1, 0.15) is 68.4 Å². The van der Waals surface area contributed by atoms with Crippen LogP contribution in [0.3, 0.4) is 0 Å². The summed E-state index contributed by atoms with van der Waals surface area (Å²) in [5.74, 6) is -10.3. The van der Waals surface area contributed by atoms with Gasteiger partial charge in [0.2, 0.25) is 41.4 Å². The number of aliphatic carboxylic acids is 1. The third kappa shape index (κ3) is 29.4. The number of alkyl halides is 2. The second kappa shape index (κ2) is 42.2. The number of nitrogens with one attached hydrogen (secondary N) is 7. The fraction of sp³-hybridized carbons (Fsp3) is 0.704. The van der Waals surface area contributed by atoms with Crippen molar-refractivity contribution in [3.8, 4) is 6.07 Å². The molecule has 2 aliphatic rings. The second-order valence-corrected chi connectivity index (χ2v) is 21.5. The summed E-state index contributed by atoms with van der Waals surface area (Å²) in [7, 11) is 0. The van der Waals surface area contributed by atoms with E-state index in [-0.39, 0.29) is 123 Å². The van der Waals surface area contributed by atoms with Crippen LogP contribution >= 0.6 is 11.8 Å². The van der Waals surface area contributed by atoms with Crippen LogP contribution in [-0.2, 0) is 73.3 Å². The number of nitrogens with zero attached hydrogens (tertiary/aromatic N) is 4. The summed E-state index contributed by atoms with van der Waals surface area (Å²) in [6.07, 6.45) is -9.58. The quantitative estimate of drug-likeness (QED) is 0.0215. The van der Waals surface area contributed by atoms with E-state index in [0.29, 0.717) is 18.8 Å². The lowest BCUT2D eigenvalue weighted by Crippen LogP contribution is -2.53. The molecule has 0 aliphatic carbocycles. The Bertz CT molecular complexity index is 2530. The predicted octanol–water partition coefficient (Wildman–Crippen LogP) is -4.98. The van der Waals surface area contributed by atoms with Gasteiger partial charge < -0.3 is 101 Å². The Labute approximate surface area is 521 Å². The minimum absolute atomic E-state index is 0.0801. The van der Waals surface area contributed by atoms with Gasteiger partial charge in [0, 0.05) is 75.8 Å². The molecule has 3 rings (SSSR count). The molecule has 2 saturated heterocycles. The summed E-state index contributed by atoms with van der Waals surface area (Å²) in [6, 6.07) is -1.32. The van der Waals surface area contributed by atoms with E-state index in [9.17, 15) is 87.5 Å². The molecule has 33 nitrogen and oxygen atoms in total. The van der Waals surface area contributed by atoms with Crippen molar-refractivity contribution in [3.05, 3.63) is 29.6 Å². The molecule has 0 spiro atoms. The Balaban J connectivity index is 1.23. The Kier molecular flexibility index (Phi) is 36.3. The van der Waals surface area contributed by atoms with Crippen molar-refractivity contribution >= 4 is 71.1 Å². The molecule has 2 aliphatic heterocycles. The molecule has 13 N–H and O–H groups in total. The Morgan fingerprint density at radius 1 is 0.789 bits per heavy atom. The van der Waals surface area contributed by atoms with E-state index in [2.05, 4.69) is 42.2 Å². The van der Waals surface area contributed by atoms with E-state index in [1.807, 2.05) is 6.92 Å². The van der Waals surface area contributed by atoms with Crippen LogP contribution in [0.4, 0.5) is 13.6 Å². The lowest BCUT2D eigenvalue weighted by atomic mass is 10.0. The van der Waals surface area contributed by atoms with E-state index < -0.39 is 158 Å². The molecule has 0 aromatic carbocycles. The molecule has 2 fully saturated rings. The smallest absolute Gasteiger partial charge is 0.407 e. The number of carboxylic acids is 1. The van der Waals surface area contributed by atoms with Gasteiger partial charge in [0.15, 0.2) is 0 Å². The number of aromatic nitrogens is 1. The zero-order valence-electron chi connectivity index (χ0n) is 50.0. The number of hydrogen-bond acceptors (Lipinski definition) is 25. The number of carbonyl (C=O) groups is 10. The monoisotopic (exact) mass is 1310 g/mol. The van der Waals surface area contributed by atoms with Gasteiger partial charge in [-0.3, -0.25) is 48.2 Å². The van der Waals surface area contributed by atoms with Crippen LogP contribution in [-0.4, -0.2) is 289 Å². The molecule has 36 heteroatoms. The number of halogens is 2. The molecule has 1 unspecified atom stereocenters. The number of likely N-dealkylation sites (N-methyl/N-ethyl adjacent to an activating group) is 1. The van der Waals surface area contributed by atoms with Gasteiger partial charge >= 0.3 is 12.1 Å². The summed E-state index contributed by atoms with van der Waals surface area (Å²) in [5, 5.41) is 84.2. The van der Waals surface area contributed by atoms with Crippen molar-refractivity contribution in [1.82, 2.24) is 52.0 Å². The summed E-state index contributed by atoms with van der Waals surface area (Å²) < 4.78 is 59.9. The number of aliphatic hydroxyl groups excluding tert-OH is 5. The van der Waals surface area contributed by atoms with Crippen LogP contribution in [0.25, 0.3) is 0 Å². The topological polar surface area (TPSA) is 475 Å². The first-order valence-electron chi connectivity index (χ1n) is 28.9. The van der Waals surface area contributed by atoms with Gasteiger partial charge in [-0.1, -0.05) is 6.92 Å². The fourth-order valence-electron chi connectivity index (χ4n) is 8.26. The molecule has 506 valence electrons. The largest absolute Gasteiger partial charge is 0.480 e. The van der Waals surface area contributed by atoms with Gasteiger partial charge in [-0.25, -0.2) is 18.4 Å². The molecule has 0 bridgehead atoms. The molecule has 9 atom stereocenters. The molecular weight excluding hydrogens is 1220 g/mol. The maximum absolute atomic E-state index is 13.8. The number of likely N-dealkylation sites (tertiary alicyclic amines) is 2. The van der Waals surface area contributed by atoms with E-state index in [4.69, 9.17) is 33.5 Å². The van der Waals surface area contributed by atoms with Crippen molar-refractivity contribution in [3.63, 3.8) is 0 Å². The zero-order chi connectivity index (χ0) is 66.6. The predicted molar refractivity (Wildman–Crippen MR) is 307 cm³/mol. The average Bonchev–Trinajstić information content (AvgIpc) is 2.12. The van der Waals surface area contributed by atoms with Crippen molar-refractivity contribution in [2.45, 2.75) is 119 Å². The number of rotatable bonds is 46. The highest BCUT2D eigenvalue weighted by Gasteiger charge is 2.48. The van der Waals surface area contributed by atoms with E-state index in [1.54, 1.807) is 6.07 Å². The molecule has 1 aromatic heterocycles. The number of hydrogen-bond donors (Lipinski definition) is 13. The van der Waals surface area contributed by atoms with E-state index >= 15 is 0 Å². The minimum atomic E-state index is -3.21. The Morgan fingerprint density at radius 3 is 1.98 bits per heavy atom. The lowest BCUT2D eigenvalue weighted by Gasteiger charge is -2.25. The fourth-order valence-corrected chi connectivity index (χ4v) is 9.45. The number of alkyl carbamates (subject to hydrolysis) is 1. The number of amides is 9. The van der Waals surface area contributed by atoms with Gasteiger partial charge in [-0.15, -0.1) is 11.8 Å². The van der Waals surface area contributed by atoms with Gasteiger partial charge in [-0.05, 0) is 32.0 Å². The van der Waals surface area contributed by atoms with Gasteiger partial charge in [0.25, 0.3) is 11.8 Å². The normalized spacial score (nSPS) is 17.6. The minimum Gasteiger partial charge on any atom is -0.480 e. The third-order valence-electron chi connectivity index (χ3n) is 13.2. The molecule has 3 heterocycles. The summed E-state index contributed by atoms with van der Waals surface area (Å²) in [4.78, 5) is 133. The number of pyridine rings is 1. The van der Waals surface area contributed by atoms with Crippen molar-refractivity contribution in [1.29, 1.82) is 5.26 Å². The Hall–Kier alpha value is -6.89. The van der Waals surface area contributed by atoms with Crippen LogP contribution in [0, 0.1) is 11.3 Å². The highest BCUT2D eigenvalue weighted by Crippen LogP contribution is 2.32. The standard InChI is InChI=1S/C54H83F2N11O22S/c1-3-58-10-12-66-45(74)25-41(51(66)80)90-31-38(52(81)82)64-49(78)37(4-5-43(72)62-29-39(69)46(75)47(76)40(70)30-68)65-53(83)89-23-22-88-21-20-87-19-18-86-17-16-85-15-14-84-13-11-60-42(71)6-7-44(73)61-28-35-24-34(8-9-59-35)48(77)63-33(2)50(79)67-32-54(55,56)26-36(67)27-57/h8-9,24,33,36-41,46-47,58,68-70,75-76H,3-7,10-23,25-26,28-32H2,1-2H3,(H,60,71)(H,61,73)(H,62,72)(H,63,77)(H,64,78)(H,65,83)(H,81,82)/t33-,36+,37-,38-,39+,40-,41?,46-,47-/m1/s1. The number of carbonyl (C=O) groups excluding carboxylic acids is 9. The molecular formula is C54H83F2N11O22S. The number of imide groups is 1. The maximum atomic E-state index is 13.8. The first-order chi connectivity index (χ1) is 42.9. The number of thioether (sulfide) groups is 1. The molecule has 0 saturated carbocycles. The van der Waals surface area contributed by atoms with Gasteiger partial charge in [0.1, 0.15) is 49.1 Å². The van der Waals surface area contributed by atoms with Crippen molar-refractivity contribution in [2.75, 3.05) is 124 Å². The average molecular weight is 1310 g/mol. The van der Waals surface area contributed by atoms with Crippen LogP contribution in [0.5, 0.6) is 0 Å². The van der Waals surface area contributed by atoms with Crippen LogP contribution in [0.15, 0.2) is 18.3 Å². The second-order valence-electron chi connectivity index (χ2n) is 20.2. The van der Waals surface area contributed by atoms with Crippen molar-refractivity contribution < 1.29 is 116 Å². The zero-order valence-corrected chi connectivity index (χ0v) is 50.8. The maximum Gasteiger partial charge on any atom is 0.407 e. The third-order valence-corrected chi connectivity index (χ3v) is 14.5. The summed E-state index contributed by atoms with van der Waals surface area (Å²) in [6.45, 7) is 3.27.